The largest absolute Gasteiger partial charge is 0.490 e. The van der Waals surface area contributed by atoms with Crippen molar-refractivity contribution >= 4 is 17.7 Å². The minimum absolute atomic E-state index is 0.356. The number of alkyl halides is 3. The molecule has 0 amide bonds. The first-order valence-electron chi connectivity index (χ1n) is 9.27. The SMILES string of the molecule is O=C(O)C(F)(F)F.c1ccc(N2CCC3(CCCN(c4ncccn4)C3)C2)nc1. The van der Waals surface area contributed by atoms with Crippen molar-refractivity contribution < 1.29 is 23.1 Å². The number of carboxylic acid groups (broad SMARTS) is 1. The number of hydrogen-bond acceptors (Lipinski definition) is 6. The second kappa shape index (κ2) is 8.62. The van der Waals surface area contributed by atoms with E-state index >= 15 is 0 Å². The fraction of sp³-hybridized carbons (Fsp3) is 0.474. The van der Waals surface area contributed by atoms with Gasteiger partial charge >= 0.3 is 12.1 Å². The maximum Gasteiger partial charge on any atom is 0.490 e. The molecule has 2 aliphatic heterocycles. The lowest BCUT2D eigenvalue weighted by molar-refractivity contribution is -0.192. The minimum Gasteiger partial charge on any atom is -0.475 e. The van der Waals surface area contributed by atoms with Crippen LogP contribution in [0, 0.1) is 5.41 Å². The van der Waals surface area contributed by atoms with E-state index in [1.807, 2.05) is 30.7 Å². The third-order valence-electron chi connectivity index (χ3n) is 5.15. The lowest BCUT2D eigenvalue weighted by Crippen LogP contribution is -2.45. The number of hydrogen-bond donors (Lipinski definition) is 1. The second-order valence-electron chi connectivity index (χ2n) is 7.24. The van der Waals surface area contributed by atoms with Gasteiger partial charge in [-0.25, -0.2) is 19.7 Å². The molecule has 0 aliphatic carbocycles. The Morgan fingerprint density at radius 1 is 0.966 bits per heavy atom. The van der Waals surface area contributed by atoms with Gasteiger partial charge in [0, 0.05) is 50.2 Å². The van der Waals surface area contributed by atoms with Gasteiger partial charge in [-0.1, -0.05) is 6.07 Å². The molecule has 10 heteroatoms. The smallest absolute Gasteiger partial charge is 0.475 e. The summed E-state index contributed by atoms with van der Waals surface area (Å²) in [6.07, 6.45) is 4.20. The molecule has 0 aromatic carbocycles. The zero-order valence-corrected chi connectivity index (χ0v) is 15.7. The van der Waals surface area contributed by atoms with Gasteiger partial charge in [-0.05, 0) is 37.5 Å². The number of anilines is 2. The zero-order valence-electron chi connectivity index (χ0n) is 15.7. The fourth-order valence-corrected chi connectivity index (χ4v) is 3.84. The number of rotatable bonds is 2. The van der Waals surface area contributed by atoms with Crippen molar-refractivity contribution in [2.75, 3.05) is 36.0 Å². The van der Waals surface area contributed by atoms with Crippen LogP contribution in [0.25, 0.3) is 0 Å². The summed E-state index contributed by atoms with van der Waals surface area (Å²) in [5, 5.41) is 7.12. The summed E-state index contributed by atoms with van der Waals surface area (Å²) in [5.74, 6) is -0.780. The van der Waals surface area contributed by atoms with E-state index in [1.54, 1.807) is 0 Å². The Balaban J connectivity index is 0.000000298. The van der Waals surface area contributed by atoms with E-state index in [-0.39, 0.29) is 0 Å². The summed E-state index contributed by atoms with van der Waals surface area (Å²) in [5.41, 5.74) is 0.356. The van der Waals surface area contributed by atoms with Crippen molar-refractivity contribution in [1.82, 2.24) is 15.0 Å². The number of aliphatic carboxylic acids is 1. The maximum absolute atomic E-state index is 10.6. The van der Waals surface area contributed by atoms with E-state index in [1.165, 1.54) is 19.3 Å². The molecule has 2 aliphatic rings. The third kappa shape index (κ3) is 5.33. The van der Waals surface area contributed by atoms with Gasteiger partial charge in [-0.3, -0.25) is 0 Å². The number of carbonyl (C=O) groups is 1. The molecule has 1 unspecified atom stereocenters. The molecular weight excluding hydrogens is 387 g/mol. The highest BCUT2D eigenvalue weighted by Gasteiger charge is 2.42. The van der Waals surface area contributed by atoms with E-state index in [4.69, 9.17) is 9.90 Å². The fourth-order valence-electron chi connectivity index (χ4n) is 3.84. The summed E-state index contributed by atoms with van der Waals surface area (Å²) < 4.78 is 31.7. The molecular formula is C19H22F3N5O2. The molecule has 2 aromatic heterocycles. The molecule has 4 heterocycles. The average Bonchev–Trinajstić information content (AvgIpc) is 3.12. The molecule has 0 bridgehead atoms. The molecule has 4 rings (SSSR count). The van der Waals surface area contributed by atoms with Crippen LogP contribution in [-0.4, -0.2) is 58.4 Å². The van der Waals surface area contributed by atoms with Gasteiger partial charge in [0.2, 0.25) is 5.95 Å². The van der Waals surface area contributed by atoms with Crippen molar-refractivity contribution in [3.63, 3.8) is 0 Å². The average molecular weight is 409 g/mol. The van der Waals surface area contributed by atoms with Gasteiger partial charge in [0.15, 0.2) is 0 Å². The van der Waals surface area contributed by atoms with Crippen LogP contribution in [0.15, 0.2) is 42.9 Å². The Bertz CT molecular complexity index is 806. The summed E-state index contributed by atoms with van der Waals surface area (Å²) in [6, 6.07) is 8.03. The van der Waals surface area contributed by atoms with E-state index in [0.717, 1.165) is 37.9 Å². The van der Waals surface area contributed by atoms with Crippen LogP contribution in [-0.2, 0) is 4.79 Å². The van der Waals surface area contributed by atoms with Crippen molar-refractivity contribution in [2.45, 2.75) is 25.4 Å². The normalized spacial score (nSPS) is 21.6. The van der Waals surface area contributed by atoms with Crippen LogP contribution >= 0.6 is 0 Å². The number of halogens is 3. The van der Waals surface area contributed by atoms with Gasteiger partial charge in [0.05, 0.1) is 0 Å². The molecule has 1 N–H and O–H groups in total. The van der Waals surface area contributed by atoms with Crippen LogP contribution < -0.4 is 9.80 Å². The predicted molar refractivity (Wildman–Crippen MR) is 101 cm³/mol. The first-order chi connectivity index (χ1) is 13.8. The zero-order chi connectivity index (χ0) is 20.9. The molecule has 7 nitrogen and oxygen atoms in total. The van der Waals surface area contributed by atoms with Crippen LogP contribution in [0.2, 0.25) is 0 Å². The highest BCUT2D eigenvalue weighted by Crippen LogP contribution is 2.40. The van der Waals surface area contributed by atoms with Gasteiger partial charge in [-0.2, -0.15) is 13.2 Å². The van der Waals surface area contributed by atoms with Crippen LogP contribution in [0.4, 0.5) is 24.9 Å². The Kier molecular flexibility index (Phi) is 6.19. The molecule has 156 valence electrons. The van der Waals surface area contributed by atoms with E-state index < -0.39 is 12.1 Å². The Morgan fingerprint density at radius 2 is 1.62 bits per heavy atom. The van der Waals surface area contributed by atoms with Crippen LogP contribution in [0.5, 0.6) is 0 Å². The van der Waals surface area contributed by atoms with Crippen molar-refractivity contribution in [1.29, 1.82) is 0 Å². The second-order valence-corrected chi connectivity index (χ2v) is 7.24. The summed E-state index contributed by atoms with van der Waals surface area (Å²) in [4.78, 5) is 27.0. The van der Waals surface area contributed by atoms with Gasteiger partial charge < -0.3 is 14.9 Å². The van der Waals surface area contributed by atoms with Gasteiger partial charge in [0.1, 0.15) is 5.82 Å². The number of aromatic nitrogens is 3. The maximum atomic E-state index is 10.6. The monoisotopic (exact) mass is 409 g/mol. The Labute approximate surface area is 166 Å². The van der Waals surface area contributed by atoms with E-state index in [2.05, 4.69) is 36.9 Å². The molecule has 0 saturated carbocycles. The molecule has 0 radical (unpaired) electrons. The number of carboxylic acids is 1. The predicted octanol–water partition coefficient (Wildman–Crippen LogP) is 3.00. The number of piperidine rings is 1. The topological polar surface area (TPSA) is 82.5 Å². The Hall–Kier alpha value is -2.91. The molecule has 1 spiro atoms. The van der Waals surface area contributed by atoms with Crippen LogP contribution in [0.3, 0.4) is 0 Å². The van der Waals surface area contributed by atoms with Crippen LogP contribution in [0.1, 0.15) is 19.3 Å². The van der Waals surface area contributed by atoms with E-state index in [9.17, 15) is 13.2 Å². The third-order valence-corrected chi connectivity index (χ3v) is 5.15. The molecule has 1 atom stereocenters. The summed E-state index contributed by atoms with van der Waals surface area (Å²) in [6.45, 7) is 4.31. The highest BCUT2D eigenvalue weighted by molar-refractivity contribution is 5.73. The molecule has 2 saturated heterocycles. The quantitative estimate of drug-likeness (QED) is 0.816. The Morgan fingerprint density at radius 3 is 2.24 bits per heavy atom. The lowest BCUT2D eigenvalue weighted by atomic mass is 9.79. The van der Waals surface area contributed by atoms with Crippen molar-refractivity contribution in [2.24, 2.45) is 5.41 Å². The standard InChI is InChI=1S/C17H21N5.C2HF3O2/c1-2-8-18-15(5-1)21-12-7-17(13-21)6-3-11-22(14-17)16-19-9-4-10-20-16;3-2(4,5)1(6)7/h1-2,4-5,8-10H,3,6-7,11-14H2;(H,6,7). The number of pyridine rings is 1. The van der Waals surface area contributed by atoms with E-state index in [0.29, 0.717) is 5.41 Å². The highest BCUT2D eigenvalue weighted by atomic mass is 19.4. The molecule has 29 heavy (non-hydrogen) atoms. The number of nitrogens with zero attached hydrogens (tertiary/aromatic N) is 5. The first kappa shape index (κ1) is 20.8. The first-order valence-corrected chi connectivity index (χ1v) is 9.27. The van der Waals surface area contributed by atoms with Crippen molar-refractivity contribution in [3.8, 4) is 0 Å². The minimum atomic E-state index is -5.08. The van der Waals surface area contributed by atoms with Gasteiger partial charge in [0.25, 0.3) is 0 Å². The summed E-state index contributed by atoms with van der Waals surface area (Å²) >= 11 is 0. The molecule has 2 aromatic rings. The van der Waals surface area contributed by atoms with Crippen molar-refractivity contribution in [3.05, 3.63) is 42.9 Å². The summed E-state index contributed by atoms with van der Waals surface area (Å²) in [7, 11) is 0. The van der Waals surface area contributed by atoms with Gasteiger partial charge in [-0.15, -0.1) is 0 Å². The molecule has 2 fully saturated rings. The lowest BCUT2D eigenvalue weighted by Gasteiger charge is -2.40.